The highest BCUT2D eigenvalue weighted by atomic mass is 15.3. The predicted molar refractivity (Wildman–Crippen MR) is 84.5 cm³/mol. The summed E-state index contributed by atoms with van der Waals surface area (Å²) in [6, 6.07) is 8.85. The third-order valence-electron chi connectivity index (χ3n) is 3.99. The van der Waals surface area contributed by atoms with E-state index in [0.29, 0.717) is 6.04 Å². The number of nitrogens with one attached hydrogen (secondary N) is 1. The second kappa shape index (κ2) is 6.23. The van der Waals surface area contributed by atoms with E-state index in [9.17, 15) is 0 Å². The number of hydrogen-bond donors (Lipinski definition) is 1. The van der Waals surface area contributed by atoms with E-state index in [1.165, 1.54) is 22.5 Å². The molecule has 0 fully saturated rings. The van der Waals surface area contributed by atoms with Crippen LogP contribution in [0.25, 0.3) is 5.69 Å². The van der Waals surface area contributed by atoms with Gasteiger partial charge in [-0.05, 0) is 57.9 Å². The molecule has 3 heteroatoms. The van der Waals surface area contributed by atoms with E-state index in [1.54, 1.807) is 0 Å². The molecule has 0 radical (unpaired) electrons. The number of nitrogens with zero attached hydrogens (tertiary/aromatic N) is 2. The number of benzene rings is 1. The molecule has 3 nitrogen and oxygen atoms in total. The van der Waals surface area contributed by atoms with Gasteiger partial charge in [-0.15, -0.1) is 0 Å². The van der Waals surface area contributed by atoms with Crippen molar-refractivity contribution < 1.29 is 0 Å². The molecule has 20 heavy (non-hydrogen) atoms. The van der Waals surface area contributed by atoms with Crippen LogP contribution in [0.15, 0.2) is 24.3 Å². The van der Waals surface area contributed by atoms with Gasteiger partial charge in [0.1, 0.15) is 0 Å². The van der Waals surface area contributed by atoms with Gasteiger partial charge in [0.05, 0.1) is 11.4 Å². The van der Waals surface area contributed by atoms with Crippen LogP contribution in [0.1, 0.15) is 48.8 Å². The van der Waals surface area contributed by atoms with E-state index in [1.807, 2.05) is 0 Å². The normalized spacial score (nSPS) is 12.7. The third-order valence-corrected chi connectivity index (χ3v) is 3.99. The van der Waals surface area contributed by atoms with E-state index in [-0.39, 0.29) is 0 Å². The van der Waals surface area contributed by atoms with Gasteiger partial charge < -0.3 is 5.32 Å². The van der Waals surface area contributed by atoms with Gasteiger partial charge in [-0.25, -0.2) is 4.68 Å². The van der Waals surface area contributed by atoms with Crippen molar-refractivity contribution in [2.45, 2.75) is 47.1 Å². The van der Waals surface area contributed by atoms with Crippen LogP contribution >= 0.6 is 0 Å². The molecule has 0 saturated heterocycles. The molecule has 1 atom stereocenters. The zero-order chi connectivity index (χ0) is 14.7. The zero-order valence-electron chi connectivity index (χ0n) is 13.2. The van der Waals surface area contributed by atoms with Crippen molar-refractivity contribution in [2.75, 3.05) is 6.54 Å². The van der Waals surface area contributed by atoms with Crippen molar-refractivity contribution in [2.24, 2.45) is 0 Å². The van der Waals surface area contributed by atoms with Gasteiger partial charge in [-0.3, -0.25) is 0 Å². The smallest absolute Gasteiger partial charge is 0.0696 e. The summed E-state index contributed by atoms with van der Waals surface area (Å²) in [6.07, 6.45) is 1.14. The lowest BCUT2D eigenvalue weighted by Crippen LogP contribution is -2.21. The van der Waals surface area contributed by atoms with Crippen LogP contribution in [-0.2, 0) is 0 Å². The summed E-state index contributed by atoms with van der Waals surface area (Å²) in [5.41, 5.74) is 6.07. The van der Waals surface area contributed by atoms with Crippen LogP contribution in [0.5, 0.6) is 0 Å². The van der Waals surface area contributed by atoms with Crippen molar-refractivity contribution in [3.05, 3.63) is 46.8 Å². The lowest BCUT2D eigenvalue weighted by molar-refractivity contribution is 0.566. The van der Waals surface area contributed by atoms with E-state index >= 15 is 0 Å². The third kappa shape index (κ3) is 2.78. The Kier molecular flexibility index (Phi) is 4.61. The summed E-state index contributed by atoms with van der Waals surface area (Å²) in [6.45, 7) is 11.8. The number of aryl methyl sites for hydroxylation is 1. The van der Waals surface area contributed by atoms with Crippen molar-refractivity contribution in [1.29, 1.82) is 0 Å². The number of para-hydroxylation sites is 1. The van der Waals surface area contributed by atoms with Gasteiger partial charge in [0, 0.05) is 11.7 Å². The highest BCUT2D eigenvalue weighted by molar-refractivity contribution is 5.45. The lowest BCUT2D eigenvalue weighted by Gasteiger charge is -2.18. The molecule has 2 aromatic rings. The molecule has 2 rings (SSSR count). The Morgan fingerprint density at radius 1 is 1.20 bits per heavy atom. The fraction of sp³-hybridized carbons (Fsp3) is 0.471. The first kappa shape index (κ1) is 14.8. The van der Waals surface area contributed by atoms with Crippen LogP contribution in [0, 0.1) is 20.8 Å². The minimum Gasteiger partial charge on any atom is -0.310 e. The Bertz CT molecular complexity index is 584. The Morgan fingerprint density at radius 3 is 2.50 bits per heavy atom. The number of hydrogen-bond acceptors (Lipinski definition) is 2. The maximum atomic E-state index is 4.69. The zero-order valence-corrected chi connectivity index (χ0v) is 13.2. The maximum Gasteiger partial charge on any atom is 0.0696 e. The van der Waals surface area contributed by atoms with E-state index in [0.717, 1.165) is 18.7 Å². The van der Waals surface area contributed by atoms with Gasteiger partial charge in [-0.1, -0.05) is 25.1 Å². The SMILES string of the molecule is CCCNC(C)c1ccccc1-n1nc(C)c(C)c1C. The summed E-state index contributed by atoms with van der Waals surface area (Å²) in [4.78, 5) is 0. The molecule has 0 aliphatic rings. The molecule has 0 amide bonds. The Labute approximate surface area is 122 Å². The lowest BCUT2D eigenvalue weighted by atomic mass is 10.1. The van der Waals surface area contributed by atoms with Crippen molar-refractivity contribution >= 4 is 0 Å². The maximum absolute atomic E-state index is 4.69. The summed E-state index contributed by atoms with van der Waals surface area (Å²) in [5.74, 6) is 0. The van der Waals surface area contributed by atoms with Crippen LogP contribution in [-0.4, -0.2) is 16.3 Å². The predicted octanol–water partition coefficient (Wildman–Crippen LogP) is 3.86. The molecular weight excluding hydrogens is 246 g/mol. The Morgan fingerprint density at radius 2 is 1.90 bits per heavy atom. The molecule has 1 aromatic carbocycles. The topological polar surface area (TPSA) is 29.9 Å². The molecule has 0 aliphatic heterocycles. The average Bonchev–Trinajstić information content (AvgIpc) is 2.72. The van der Waals surface area contributed by atoms with E-state index in [4.69, 9.17) is 5.10 Å². The first-order valence-electron chi connectivity index (χ1n) is 7.41. The summed E-state index contributed by atoms with van der Waals surface area (Å²) in [7, 11) is 0. The molecule has 0 aliphatic carbocycles. The number of rotatable bonds is 5. The highest BCUT2D eigenvalue weighted by Crippen LogP contribution is 2.24. The van der Waals surface area contributed by atoms with Crippen molar-refractivity contribution in [3.63, 3.8) is 0 Å². The summed E-state index contributed by atoms with van der Waals surface area (Å²) >= 11 is 0. The molecule has 1 aromatic heterocycles. The molecular formula is C17H25N3. The molecule has 1 unspecified atom stereocenters. The first-order valence-corrected chi connectivity index (χ1v) is 7.41. The average molecular weight is 271 g/mol. The van der Waals surface area contributed by atoms with Crippen LogP contribution in [0.2, 0.25) is 0 Å². The van der Waals surface area contributed by atoms with Gasteiger partial charge in [-0.2, -0.15) is 5.10 Å². The number of aromatic nitrogens is 2. The molecule has 0 bridgehead atoms. The van der Waals surface area contributed by atoms with Crippen LogP contribution in [0.4, 0.5) is 0 Å². The Balaban J connectivity index is 2.44. The molecule has 108 valence electrons. The largest absolute Gasteiger partial charge is 0.310 e. The quantitative estimate of drug-likeness (QED) is 0.895. The van der Waals surface area contributed by atoms with Gasteiger partial charge >= 0.3 is 0 Å². The van der Waals surface area contributed by atoms with E-state index in [2.05, 4.69) is 68.9 Å². The highest BCUT2D eigenvalue weighted by Gasteiger charge is 2.15. The van der Waals surface area contributed by atoms with Gasteiger partial charge in [0.2, 0.25) is 0 Å². The summed E-state index contributed by atoms with van der Waals surface area (Å²) < 4.78 is 2.07. The molecule has 1 N–H and O–H groups in total. The van der Waals surface area contributed by atoms with Crippen molar-refractivity contribution in [1.82, 2.24) is 15.1 Å². The second-order valence-corrected chi connectivity index (χ2v) is 5.44. The van der Waals surface area contributed by atoms with Crippen LogP contribution < -0.4 is 5.32 Å². The van der Waals surface area contributed by atoms with Crippen LogP contribution in [0.3, 0.4) is 0 Å². The minimum absolute atomic E-state index is 0.329. The second-order valence-electron chi connectivity index (χ2n) is 5.44. The Hall–Kier alpha value is -1.61. The standard InChI is InChI=1S/C17H25N3/c1-6-11-18-14(4)16-9-7-8-10-17(16)20-15(5)12(2)13(3)19-20/h7-10,14,18H,6,11H2,1-5H3. The van der Waals surface area contributed by atoms with Gasteiger partial charge in [0.15, 0.2) is 0 Å². The minimum atomic E-state index is 0.329. The monoisotopic (exact) mass is 271 g/mol. The van der Waals surface area contributed by atoms with Crippen molar-refractivity contribution in [3.8, 4) is 5.69 Å². The molecule has 0 saturated carbocycles. The molecule has 1 heterocycles. The fourth-order valence-electron chi connectivity index (χ4n) is 2.47. The van der Waals surface area contributed by atoms with E-state index < -0.39 is 0 Å². The van der Waals surface area contributed by atoms with Gasteiger partial charge in [0.25, 0.3) is 0 Å². The first-order chi connectivity index (χ1) is 9.56. The molecule has 0 spiro atoms. The fourth-order valence-corrected chi connectivity index (χ4v) is 2.47. The summed E-state index contributed by atoms with van der Waals surface area (Å²) in [5, 5.41) is 8.25.